The Morgan fingerprint density at radius 2 is 2.00 bits per heavy atom. The van der Waals surface area contributed by atoms with Crippen LogP contribution in [0, 0.1) is 17.3 Å². The Morgan fingerprint density at radius 3 is 2.74 bits per heavy atom. The Labute approximate surface area is 137 Å². The summed E-state index contributed by atoms with van der Waals surface area (Å²) in [5.41, 5.74) is 2.57. The first kappa shape index (κ1) is 14.9. The molecule has 0 radical (unpaired) electrons. The van der Waals surface area contributed by atoms with E-state index in [1.54, 1.807) is 12.4 Å². The zero-order valence-corrected chi connectivity index (χ0v) is 14.1. The highest BCUT2D eigenvalue weighted by Gasteiger charge is 2.51. The van der Waals surface area contributed by atoms with Crippen LogP contribution < -0.4 is 5.43 Å². The summed E-state index contributed by atoms with van der Waals surface area (Å²) in [5.74, 6) is 2.05. The normalized spacial score (nSPS) is 27.7. The number of fused-ring (bicyclic) bond motifs is 1. The van der Waals surface area contributed by atoms with Gasteiger partial charge in [0.2, 0.25) is 0 Å². The average Bonchev–Trinajstić information content (AvgIpc) is 2.54. The first-order valence-electron chi connectivity index (χ1n) is 9.03. The highest BCUT2D eigenvalue weighted by atomic mass is 16.1. The van der Waals surface area contributed by atoms with E-state index in [4.69, 9.17) is 0 Å². The fourth-order valence-corrected chi connectivity index (χ4v) is 5.29. The molecular weight excluding hydrogens is 284 g/mol. The van der Waals surface area contributed by atoms with Gasteiger partial charge in [-0.25, -0.2) is 0 Å². The third-order valence-electron chi connectivity index (χ3n) is 6.29. The molecule has 0 aliphatic heterocycles. The van der Waals surface area contributed by atoms with Crippen molar-refractivity contribution < 1.29 is 0 Å². The third-order valence-corrected chi connectivity index (χ3v) is 6.29. The van der Waals surface area contributed by atoms with E-state index >= 15 is 0 Å². The van der Waals surface area contributed by atoms with E-state index in [0.29, 0.717) is 22.6 Å². The van der Waals surface area contributed by atoms with Gasteiger partial charge < -0.3 is 4.98 Å². The molecule has 2 aromatic rings. The van der Waals surface area contributed by atoms with E-state index in [1.165, 1.54) is 38.5 Å². The number of aromatic nitrogens is 2. The second-order valence-corrected chi connectivity index (χ2v) is 8.23. The van der Waals surface area contributed by atoms with E-state index in [9.17, 15) is 4.79 Å². The van der Waals surface area contributed by atoms with Crippen molar-refractivity contribution >= 4 is 10.9 Å². The summed E-state index contributed by atoms with van der Waals surface area (Å²) >= 11 is 0. The molecule has 0 spiro atoms. The summed E-state index contributed by atoms with van der Waals surface area (Å²) < 4.78 is 0. The largest absolute Gasteiger partial charge is 0.358 e. The molecule has 4 rings (SSSR count). The number of hydrogen-bond donors (Lipinski definition) is 1. The zero-order chi connectivity index (χ0) is 16.0. The lowest BCUT2D eigenvalue weighted by Gasteiger charge is -2.56. The number of aromatic amines is 1. The predicted molar refractivity (Wildman–Crippen MR) is 93.6 cm³/mol. The van der Waals surface area contributed by atoms with Gasteiger partial charge in [-0.15, -0.1) is 0 Å². The van der Waals surface area contributed by atoms with Gasteiger partial charge in [0.1, 0.15) is 0 Å². The average molecular weight is 310 g/mol. The smallest absolute Gasteiger partial charge is 0.191 e. The summed E-state index contributed by atoms with van der Waals surface area (Å²) in [6.07, 6.45) is 11.5. The molecule has 2 atom stereocenters. The molecule has 0 unspecified atom stereocenters. The Balaban J connectivity index is 1.70. The minimum atomic E-state index is 0.106. The van der Waals surface area contributed by atoms with Crippen LogP contribution in [0.25, 0.3) is 10.9 Å². The Morgan fingerprint density at radius 1 is 1.22 bits per heavy atom. The molecular formula is C20H26N2O. The number of pyridine rings is 2. The Bertz CT molecular complexity index is 771. The van der Waals surface area contributed by atoms with Crippen LogP contribution in [0.1, 0.15) is 64.0 Å². The quantitative estimate of drug-likeness (QED) is 0.878. The van der Waals surface area contributed by atoms with Crippen molar-refractivity contribution in [1.82, 2.24) is 9.97 Å². The second-order valence-electron chi connectivity index (χ2n) is 8.23. The number of nitrogens with one attached hydrogen (secondary N) is 1. The van der Waals surface area contributed by atoms with Crippen LogP contribution in [0.3, 0.4) is 0 Å². The lowest BCUT2D eigenvalue weighted by Crippen LogP contribution is -2.47. The van der Waals surface area contributed by atoms with Gasteiger partial charge in [0.25, 0.3) is 0 Å². The van der Waals surface area contributed by atoms with E-state index in [0.717, 1.165) is 17.1 Å². The van der Waals surface area contributed by atoms with Gasteiger partial charge in [0, 0.05) is 30.1 Å². The van der Waals surface area contributed by atoms with Gasteiger partial charge in [0.15, 0.2) is 5.43 Å². The first-order chi connectivity index (χ1) is 11.1. The molecule has 0 saturated heterocycles. The molecule has 2 saturated carbocycles. The van der Waals surface area contributed by atoms with Crippen molar-refractivity contribution in [2.45, 2.75) is 58.3 Å². The van der Waals surface area contributed by atoms with Gasteiger partial charge in [-0.3, -0.25) is 9.78 Å². The van der Waals surface area contributed by atoms with Gasteiger partial charge >= 0.3 is 0 Å². The highest BCUT2D eigenvalue weighted by molar-refractivity contribution is 5.77. The number of hydrogen-bond acceptors (Lipinski definition) is 2. The van der Waals surface area contributed by atoms with Crippen molar-refractivity contribution in [3.8, 4) is 0 Å². The summed E-state index contributed by atoms with van der Waals surface area (Å²) in [6.45, 7) is 4.82. The van der Waals surface area contributed by atoms with Crippen LogP contribution in [0.15, 0.2) is 29.3 Å². The molecule has 3 nitrogen and oxygen atoms in total. The number of nitrogens with zero attached hydrogens (tertiary/aromatic N) is 1. The van der Waals surface area contributed by atoms with Crippen LogP contribution in [-0.2, 0) is 0 Å². The van der Waals surface area contributed by atoms with E-state index in [-0.39, 0.29) is 5.43 Å². The van der Waals surface area contributed by atoms with E-state index in [2.05, 4.69) is 23.8 Å². The van der Waals surface area contributed by atoms with Crippen LogP contribution in [-0.4, -0.2) is 9.97 Å². The maximum Gasteiger partial charge on any atom is 0.191 e. The molecule has 0 bridgehead atoms. The summed E-state index contributed by atoms with van der Waals surface area (Å²) in [5, 5.41) is 0.698. The van der Waals surface area contributed by atoms with Crippen molar-refractivity contribution in [2.75, 3.05) is 0 Å². The maximum atomic E-state index is 12.4. The molecule has 0 amide bonds. The van der Waals surface area contributed by atoms with Crippen LogP contribution >= 0.6 is 0 Å². The molecule has 23 heavy (non-hydrogen) atoms. The lowest BCUT2D eigenvalue weighted by atomic mass is 9.49. The standard InChI is InChI=1S/C20H26N2O/c1-20(2)11-14(19(20)13-6-4-3-5-7-13)17-10-18(23)15-12-21-9-8-16(15)22-17/h8-10,12-14,19H,3-7,11H2,1-2H3,(H,22,23)/t14-,19-/m0/s1. The van der Waals surface area contributed by atoms with E-state index in [1.807, 2.05) is 12.1 Å². The summed E-state index contributed by atoms with van der Waals surface area (Å²) in [6, 6.07) is 3.75. The van der Waals surface area contributed by atoms with Crippen molar-refractivity contribution in [2.24, 2.45) is 17.3 Å². The number of H-pyrrole nitrogens is 1. The molecule has 2 aliphatic carbocycles. The molecule has 122 valence electrons. The SMILES string of the molecule is CC1(C)C[C@@H](c2cc(=O)c3cnccc3[nH]2)[C@@H]1C1CCCCC1. The zero-order valence-electron chi connectivity index (χ0n) is 14.1. The third kappa shape index (κ3) is 2.50. The lowest BCUT2D eigenvalue weighted by molar-refractivity contribution is -0.0248. The van der Waals surface area contributed by atoms with Crippen molar-refractivity contribution in [1.29, 1.82) is 0 Å². The van der Waals surface area contributed by atoms with Crippen LogP contribution in [0.4, 0.5) is 0 Å². The fourth-order valence-electron chi connectivity index (χ4n) is 5.29. The first-order valence-corrected chi connectivity index (χ1v) is 9.03. The molecule has 2 fully saturated rings. The van der Waals surface area contributed by atoms with Gasteiger partial charge in [-0.1, -0.05) is 46.0 Å². The van der Waals surface area contributed by atoms with E-state index < -0.39 is 0 Å². The molecule has 2 aliphatic rings. The monoisotopic (exact) mass is 310 g/mol. The van der Waals surface area contributed by atoms with Crippen molar-refractivity contribution in [3.63, 3.8) is 0 Å². The van der Waals surface area contributed by atoms with Crippen LogP contribution in [0.2, 0.25) is 0 Å². The molecule has 3 heteroatoms. The van der Waals surface area contributed by atoms with Gasteiger partial charge in [-0.05, 0) is 29.7 Å². The topological polar surface area (TPSA) is 45.8 Å². The van der Waals surface area contributed by atoms with Gasteiger partial charge in [-0.2, -0.15) is 0 Å². The maximum absolute atomic E-state index is 12.4. The molecule has 1 N–H and O–H groups in total. The molecule has 2 aromatic heterocycles. The molecule has 0 aromatic carbocycles. The van der Waals surface area contributed by atoms with Crippen LogP contribution in [0.5, 0.6) is 0 Å². The van der Waals surface area contributed by atoms with Gasteiger partial charge in [0.05, 0.1) is 10.9 Å². The minimum absolute atomic E-state index is 0.106. The highest BCUT2D eigenvalue weighted by Crippen LogP contribution is 2.60. The fraction of sp³-hybridized carbons (Fsp3) is 0.600. The molecule has 2 heterocycles. The van der Waals surface area contributed by atoms with Crippen molar-refractivity contribution in [3.05, 3.63) is 40.4 Å². The predicted octanol–water partition coefficient (Wildman–Crippen LogP) is 4.63. The Kier molecular flexibility index (Phi) is 3.55. The summed E-state index contributed by atoms with van der Waals surface area (Å²) in [4.78, 5) is 20.0. The second kappa shape index (κ2) is 5.47. The minimum Gasteiger partial charge on any atom is -0.358 e. The summed E-state index contributed by atoms with van der Waals surface area (Å²) in [7, 11) is 0. The Hall–Kier alpha value is -1.64. The number of rotatable bonds is 2.